The van der Waals surface area contributed by atoms with Gasteiger partial charge in [-0.05, 0) is 48.0 Å². The molecule has 0 aliphatic rings. The minimum absolute atomic E-state index is 0.238. The van der Waals surface area contributed by atoms with E-state index in [4.69, 9.17) is 11.6 Å². The summed E-state index contributed by atoms with van der Waals surface area (Å²) in [7, 11) is 0. The molecule has 0 spiro atoms. The second-order valence-electron chi connectivity index (χ2n) is 6.86. The smallest absolute Gasteiger partial charge is 0.257 e. The van der Waals surface area contributed by atoms with Crippen LogP contribution in [0.2, 0.25) is 5.02 Å². The van der Waals surface area contributed by atoms with Gasteiger partial charge in [0.05, 0.1) is 12.1 Å². The summed E-state index contributed by atoms with van der Waals surface area (Å²) < 4.78 is 15.0. The van der Waals surface area contributed by atoms with Crippen molar-refractivity contribution >= 4 is 29.1 Å². The Kier molecular flexibility index (Phi) is 5.91. The SMILES string of the molecule is O=C(Nc1ccn(Cc2cccc(F)c2)n1)c1ccccc1C(=O)c1ccc(Cl)cc1. The fourth-order valence-corrected chi connectivity index (χ4v) is 3.28. The van der Waals surface area contributed by atoms with Crippen molar-refractivity contribution in [2.45, 2.75) is 6.54 Å². The lowest BCUT2D eigenvalue weighted by molar-refractivity contribution is 0.0996. The van der Waals surface area contributed by atoms with Crippen LogP contribution in [0.1, 0.15) is 31.8 Å². The molecule has 1 aromatic heterocycles. The van der Waals surface area contributed by atoms with Crippen molar-refractivity contribution in [3.63, 3.8) is 0 Å². The maximum Gasteiger partial charge on any atom is 0.257 e. The molecule has 4 aromatic rings. The molecule has 0 saturated heterocycles. The van der Waals surface area contributed by atoms with Crippen molar-refractivity contribution in [3.8, 4) is 0 Å². The zero-order chi connectivity index (χ0) is 21.8. The highest BCUT2D eigenvalue weighted by molar-refractivity contribution is 6.30. The Labute approximate surface area is 183 Å². The number of nitrogens with one attached hydrogen (secondary N) is 1. The van der Waals surface area contributed by atoms with E-state index in [-0.39, 0.29) is 22.7 Å². The second kappa shape index (κ2) is 8.93. The molecule has 7 heteroatoms. The third-order valence-corrected chi connectivity index (χ3v) is 4.89. The average Bonchev–Trinajstić information content (AvgIpc) is 3.20. The minimum Gasteiger partial charge on any atom is -0.305 e. The number of carbonyl (C=O) groups is 2. The van der Waals surface area contributed by atoms with Gasteiger partial charge in [0.25, 0.3) is 5.91 Å². The van der Waals surface area contributed by atoms with Crippen molar-refractivity contribution in [1.82, 2.24) is 9.78 Å². The molecular formula is C24H17ClFN3O2. The first-order valence-electron chi connectivity index (χ1n) is 9.48. The van der Waals surface area contributed by atoms with Crippen molar-refractivity contribution in [1.29, 1.82) is 0 Å². The maximum atomic E-state index is 13.4. The molecule has 0 aliphatic carbocycles. The molecule has 5 nitrogen and oxygen atoms in total. The van der Waals surface area contributed by atoms with E-state index in [2.05, 4.69) is 10.4 Å². The Morgan fingerprint density at radius 3 is 2.42 bits per heavy atom. The summed E-state index contributed by atoms with van der Waals surface area (Å²) in [5, 5.41) is 7.54. The van der Waals surface area contributed by atoms with E-state index in [1.807, 2.05) is 0 Å². The molecule has 1 N–H and O–H groups in total. The molecule has 1 heterocycles. The summed E-state index contributed by atoms with van der Waals surface area (Å²) in [6, 6.07) is 20.9. The molecule has 1 amide bonds. The normalized spacial score (nSPS) is 10.6. The first-order chi connectivity index (χ1) is 15.0. The van der Waals surface area contributed by atoms with Crippen LogP contribution in [0.5, 0.6) is 0 Å². The lowest BCUT2D eigenvalue weighted by atomic mass is 9.98. The molecular weight excluding hydrogens is 417 g/mol. The van der Waals surface area contributed by atoms with Gasteiger partial charge in [0.1, 0.15) is 5.82 Å². The number of rotatable bonds is 6. The van der Waals surface area contributed by atoms with E-state index in [0.29, 0.717) is 22.9 Å². The monoisotopic (exact) mass is 433 g/mol. The molecule has 0 saturated carbocycles. The van der Waals surface area contributed by atoms with Crippen LogP contribution in [-0.4, -0.2) is 21.5 Å². The van der Waals surface area contributed by atoms with E-state index in [9.17, 15) is 14.0 Å². The predicted molar refractivity (Wildman–Crippen MR) is 117 cm³/mol. The van der Waals surface area contributed by atoms with Crippen LogP contribution in [0, 0.1) is 5.82 Å². The molecule has 0 unspecified atom stereocenters. The molecule has 0 fully saturated rings. The topological polar surface area (TPSA) is 64.0 Å². The third-order valence-electron chi connectivity index (χ3n) is 4.64. The number of halogens is 2. The van der Waals surface area contributed by atoms with E-state index in [1.165, 1.54) is 12.1 Å². The minimum atomic E-state index is -0.450. The number of ketones is 1. The van der Waals surface area contributed by atoms with Gasteiger partial charge in [0.15, 0.2) is 11.6 Å². The summed E-state index contributed by atoms with van der Waals surface area (Å²) in [6.07, 6.45) is 1.69. The standard InChI is InChI=1S/C24H17ClFN3O2/c25-18-10-8-17(9-11-18)23(30)20-6-1-2-7-21(20)24(31)27-22-12-13-29(28-22)15-16-4-3-5-19(26)14-16/h1-14H,15H2,(H,27,28,31). The van der Waals surface area contributed by atoms with Gasteiger partial charge in [-0.2, -0.15) is 5.10 Å². The number of aromatic nitrogens is 2. The molecule has 4 rings (SSSR count). The van der Waals surface area contributed by atoms with E-state index in [0.717, 1.165) is 5.56 Å². The largest absolute Gasteiger partial charge is 0.305 e. The number of amides is 1. The Hall–Kier alpha value is -3.77. The van der Waals surface area contributed by atoms with Crippen LogP contribution in [0.4, 0.5) is 10.2 Å². The maximum absolute atomic E-state index is 13.4. The van der Waals surface area contributed by atoms with E-state index >= 15 is 0 Å². The fraction of sp³-hybridized carbons (Fsp3) is 0.0417. The Bertz CT molecular complexity index is 1250. The summed E-state index contributed by atoms with van der Waals surface area (Å²) in [5.74, 6) is -0.719. The zero-order valence-electron chi connectivity index (χ0n) is 16.3. The van der Waals surface area contributed by atoms with E-state index < -0.39 is 5.91 Å². The van der Waals surface area contributed by atoms with Gasteiger partial charge in [-0.3, -0.25) is 14.3 Å². The predicted octanol–water partition coefficient (Wildman–Crippen LogP) is 5.21. The van der Waals surface area contributed by atoms with Crippen LogP contribution in [-0.2, 0) is 6.54 Å². The third kappa shape index (κ3) is 4.87. The van der Waals surface area contributed by atoms with Gasteiger partial charge in [-0.15, -0.1) is 0 Å². The number of hydrogen-bond acceptors (Lipinski definition) is 3. The van der Waals surface area contributed by atoms with Gasteiger partial charge in [-0.1, -0.05) is 41.9 Å². The van der Waals surface area contributed by atoms with Crippen molar-refractivity contribution < 1.29 is 14.0 Å². The van der Waals surface area contributed by atoms with E-state index in [1.54, 1.807) is 77.6 Å². The van der Waals surface area contributed by atoms with Crippen molar-refractivity contribution in [3.05, 3.63) is 118 Å². The molecule has 154 valence electrons. The number of carbonyl (C=O) groups excluding carboxylic acids is 2. The van der Waals surface area contributed by atoms with Crippen LogP contribution in [0.15, 0.2) is 85.1 Å². The number of nitrogens with zero attached hydrogens (tertiary/aromatic N) is 2. The highest BCUT2D eigenvalue weighted by Gasteiger charge is 2.18. The first-order valence-corrected chi connectivity index (χ1v) is 9.86. The zero-order valence-corrected chi connectivity index (χ0v) is 17.0. The van der Waals surface area contributed by atoms with Gasteiger partial charge in [0.2, 0.25) is 0 Å². The number of hydrogen-bond donors (Lipinski definition) is 1. The van der Waals surface area contributed by atoms with Crippen LogP contribution in [0.3, 0.4) is 0 Å². The molecule has 31 heavy (non-hydrogen) atoms. The summed E-state index contributed by atoms with van der Waals surface area (Å²) in [6.45, 7) is 0.360. The molecule has 0 bridgehead atoms. The Morgan fingerprint density at radius 1 is 0.935 bits per heavy atom. The quantitative estimate of drug-likeness (QED) is 0.425. The Balaban J connectivity index is 1.51. The summed E-state index contributed by atoms with van der Waals surface area (Å²) in [5.41, 5.74) is 1.70. The summed E-state index contributed by atoms with van der Waals surface area (Å²) >= 11 is 5.89. The molecule has 3 aromatic carbocycles. The van der Waals surface area contributed by atoms with Crippen LogP contribution >= 0.6 is 11.6 Å². The average molecular weight is 434 g/mol. The van der Waals surface area contributed by atoms with Gasteiger partial charge in [-0.25, -0.2) is 4.39 Å². The lowest BCUT2D eigenvalue weighted by Crippen LogP contribution is -2.17. The lowest BCUT2D eigenvalue weighted by Gasteiger charge is -2.09. The highest BCUT2D eigenvalue weighted by atomic mass is 35.5. The second-order valence-corrected chi connectivity index (χ2v) is 7.30. The first kappa shape index (κ1) is 20.5. The van der Waals surface area contributed by atoms with Gasteiger partial charge < -0.3 is 5.32 Å². The van der Waals surface area contributed by atoms with Crippen LogP contribution < -0.4 is 5.32 Å². The molecule has 0 radical (unpaired) electrons. The number of anilines is 1. The van der Waals surface area contributed by atoms with Crippen LogP contribution in [0.25, 0.3) is 0 Å². The molecule has 0 atom stereocenters. The van der Waals surface area contributed by atoms with Gasteiger partial charge in [0, 0.05) is 28.4 Å². The Morgan fingerprint density at radius 2 is 1.68 bits per heavy atom. The molecule has 0 aliphatic heterocycles. The van der Waals surface area contributed by atoms with Gasteiger partial charge >= 0.3 is 0 Å². The highest BCUT2D eigenvalue weighted by Crippen LogP contribution is 2.18. The summed E-state index contributed by atoms with van der Waals surface area (Å²) in [4.78, 5) is 25.8. The fourth-order valence-electron chi connectivity index (χ4n) is 3.16. The van der Waals surface area contributed by atoms with Crippen molar-refractivity contribution in [2.24, 2.45) is 0 Å². The number of benzene rings is 3. The van der Waals surface area contributed by atoms with Crippen molar-refractivity contribution in [2.75, 3.05) is 5.32 Å².